The number of unbranched alkanes of at least 4 members (excludes halogenated alkanes) is 12. The standard InChI is InChI=1S/C24H47NO3S.Na/c1-3-5-7-8-9-10-11-12-13-14-15-16-17-18-19-20-22-25(21-6-4-2)23-24-29(26,27)28;/h4,6,12-13H,3,5,7-11,14-24H2,1-2H3,(H,26,27,28);. The van der Waals surface area contributed by atoms with Gasteiger partial charge in [-0.3, -0.25) is 9.45 Å². The normalized spacial score (nSPS) is 12.3. The maximum absolute atomic E-state index is 10.9. The molecular formula is C24H47NNaO3S. The molecule has 0 aliphatic heterocycles. The van der Waals surface area contributed by atoms with Gasteiger partial charge in [-0.25, -0.2) is 0 Å². The SMILES string of the molecule is CC=CCN(CCCCCCCCC=CCCCCCCCC)CCS(=O)(=O)O.[Na]. The predicted octanol–water partition coefficient (Wildman–Crippen LogP) is 6.41. The topological polar surface area (TPSA) is 57.6 Å². The van der Waals surface area contributed by atoms with Gasteiger partial charge in [-0.05, 0) is 45.6 Å². The molecule has 0 aromatic carbocycles. The molecule has 0 saturated heterocycles. The molecule has 0 aliphatic carbocycles. The summed E-state index contributed by atoms with van der Waals surface area (Å²) in [5, 5.41) is 0. The number of allylic oxidation sites excluding steroid dienone is 3. The average Bonchev–Trinajstić information content (AvgIpc) is 2.68. The van der Waals surface area contributed by atoms with Crippen LogP contribution in [0.5, 0.6) is 0 Å². The number of rotatable bonds is 21. The fraction of sp³-hybridized carbons (Fsp3) is 0.833. The van der Waals surface area contributed by atoms with Gasteiger partial charge in [0.05, 0.1) is 5.75 Å². The summed E-state index contributed by atoms with van der Waals surface area (Å²) in [7, 11) is -3.88. The Morgan fingerprint density at radius 3 is 1.73 bits per heavy atom. The van der Waals surface area contributed by atoms with Crippen molar-refractivity contribution in [1.82, 2.24) is 4.90 Å². The molecular weight excluding hydrogens is 405 g/mol. The molecule has 0 aromatic heterocycles. The van der Waals surface area contributed by atoms with Crippen molar-refractivity contribution in [3.8, 4) is 0 Å². The van der Waals surface area contributed by atoms with Gasteiger partial charge in [0.25, 0.3) is 10.1 Å². The molecule has 1 N–H and O–H groups in total. The van der Waals surface area contributed by atoms with E-state index in [0.717, 1.165) is 19.5 Å². The van der Waals surface area contributed by atoms with Gasteiger partial charge in [-0.2, -0.15) is 8.42 Å². The van der Waals surface area contributed by atoms with Crippen molar-refractivity contribution in [3.05, 3.63) is 24.3 Å². The number of hydrogen-bond donors (Lipinski definition) is 1. The largest absolute Gasteiger partial charge is 0.299 e. The minimum atomic E-state index is -3.88. The van der Waals surface area contributed by atoms with Crippen LogP contribution in [0.15, 0.2) is 24.3 Å². The maximum atomic E-state index is 10.9. The summed E-state index contributed by atoms with van der Waals surface area (Å²) < 4.78 is 30.8. The van der Waals surface area contributed by atoms with Crippen LogP contribution in [0, 0.1) is 0 Å². The van der Waals surface area contributed by atoms with Crippen LogP contribution in [-0.4, -0.2) is 72.8 Å². The average molecular weight is 453 g/mol. The predicted molar refractivity (Wildman–Crippen MR) is 133 cm³/mol. The molecule has 0 spiro atoms. The summed E-state index contributed by atoms with van der Waals surface area (Å²) in [4.78, 5) is 2.10. The van der Waals surface area contributed by atoms with Crippen LogP contribution in [0.2, 0.25) is 0 Å². The summed E-state index contributed by atoms with van der Waals surface area (Å²) in [5.74, 6) is -0.184. The van der Waals surface area contributed by atoms with Gasteiger partial charge in [0.1, 0.15) is 0 Å². The van der Waals surface area contributed by atoms with E-state index in [-0.39, 0.29) is 35.3 Å². The maximum Gasteiger partial charge on any atom is 0.266 e. The quantitative estimate of drug-likeness (QED) is 0.0946. The van der Waals surface area contributed by atoms with Crippen molar-refractivity contribution in [2.45, 2.75) is 104 Å². The second-order valence-electron chi connectivity index (χ2n) is 8.09. The van der Waals surface area contributed by atoms with E-state index >= 15 is 0 Å². The van der Waals surface area contributed by atoms with Crippen LogP contribution in [0.25, 0.3) is 0 Å². The molecule has 0 heterocycles. The number of hydrogen-bond acceptors (Lipinski definition) is 3. The molecule has 30 heavy (non-hydrogen) atoms. The van der Waals surface area contributed by atoms with Crippen LogP contribution >= 0.6 is 0 Å². The van der Waals surface area contributed by atoms with E-state index < -0.39 is 10.1 Å². The Morgan fingerprint density at radius 1 is 0.733 bits per heavy atom. The molecule has 0 amide bonds. The fourth-order valence-electron chi connectivity index (χ4n) is 3.38. The summed E-state index contributed by atoms with van der Waals surface area (Å²) in [6, 6.07) is 0. The molecule has 1 radical (unpaired) electrons. The minimum Gasteiger partial charge on any atom is -0.299 e. The third-order valence-corrected chi connectivity index (χ3v) is 5.95. The van der Waals surface area contributed by atoms with E-state index in [2.05, 4.69) is 24.0 Å². The van der Waals surface area contributed by atoms with Crippen LogP contribution in [0.1, 0.15) is 104 Å². The molecule has 0 bridgehead atoms. The molecule has 0 atom stereocenters. The first-order valence-electron chi connectivity index (χ1n) is 11.9. The van der Waals surface area contributed by atoms with Gasteiger partial charge in [-0.1, -0.05) is 89.0 Å². The molecule has 0 rings (SSSR count). The van der Waals surface area contributed by atoms with Gasteiger partial charge in [0.2, 0.25) is 0 Å². The van der Waals surface area contributed by atoms with Crippen molar-refractivity contribution in [2.24, 2.45) is 0 Å². The Balaban J connectivity index is 0. The number of nitrogens with zero attached hydrogens (tertiary/aromatic N) is 1. The van der Waals surface area contributed by atoms with Crippen molar-refractivity contribution in [3.63, 3.8) is 0 Å². The monoisotopic (exact) mass is 452 g/mol. The van der Waals surface area contributed by atoms with Crippen LogP contribution in [0.4, 0.5) is 0 Å². The first-order chi connectivity index (χ1) is 14.0. The van der Waals surface area contributed by atoms with Gasteiger partial charge < -0.3 is 0 Å². The van der Waals surface area contributed by atoms with E-state index in [0.29, 0.717) is 6.54 Å². The molecule has 0 aliphatic rings. The summed E-state index contributed by atoms with van der Waals surface area (Å²) in [5.41, 5.74) is 0. The Hall–Kier alpha value is 0.350. The van der Waals surface area contributed by atoms with E-state index in [4.69, 9.17) is 4.55 Å². The second kappa shape index (κ2) is 24.0. The van der Waals surface area contributed by atoms with Crippen molar-refractivity contribution in [2.75, 3.05) is 25.4 Å². The van der Waals surface area contributed by atoms with Crippen LogP contribution < -0.4 is 0 Å². The first-order valence-corrected chi connectivity index (χ1v) is 13.5. The third-order valence-electron chi connectivity index (χ3n) is 5.25. The van der Waals surface area contributed by atoms with Gasteiger partial charge in [0, 0.05) is 42.6 Å². The summed E-state index contributed by atoms with van der Waals surface area (Å²) >= 11 is 0. The van der Waals surface area contributed by atoms with E-state index in [1.54, 1.807) is 0 Å². The molecule has 0 aromatic rings. The molecule has 0 saturated carbocycles. The van der Waals surface area contributed by atoms with Crippen molar-refractivity contribution < 1.29 is 13.0 Å². The minimum absolute atomic E-state index is 0. The van der Waals surface area contributed by atoms with E-state index in [1.807, 2.05) is 19.1 Å². The smallest absolute Gasteiger partial charge is 0.266 e. The van der Waals surface area contributed by atoms with E-state index in [1.165, 1.54) is 83.5 Å². The summed E-state index contributed by atoms with van der Waals surface area (Å²) in [6.07, 6.45) is 26.8. The fourth-order valence-corrected chi connectivity index (χ4v) is 3.87. The van der Waals surface area contributed by atoms with Crippen molar-refractivity contribution in [1.29, 1.82) is 0 Å². The van der Waals surface area contributed by atoms with E-state index in [9.17, 15) is 8.42 Å². The third kappa shape index (κ3) is 26.4. The molecule has 6 heteroatoms. The zero-order valence-corrected chi connectivity index (χ0v) is 23.0. The van der Waals surface area contributed by atoms with Crippen LogP contribution in [0.3, 0.4) is 0 Å². The Kier molecular flexibility index (Phi) is 26.0. The van der Waals surface area contributed by atoms with Crippen molar-refractivity contribution >= 4 is 39.7 Å². The zero-order valence-electron chi connectivity index (χ0n) is 20.2. The Labute approximate surface area is 210 Å². The molecule has 0 unspecified atom stereocenters. The van der Waals surface area contributed by atoms with Crippen LogP contribution in [-0.2, 0) is 10.1 Å². The first kappa shape index (κ1) is 32.5. The summed E-state index contributed by atoms with van der Waals surface area (Å²) in [6.45, 7) is 6.26. The van der Waals surface area contributed by atoms with Gasteiger partial charge >= 0.3 is 0 Å². The molecule has 0 fully saturated rings. The van der Waals surface area contributed by atoms with Gasteiger partial charge in [-0.15, -0.1) is 0 Å². The molecule has 173 valence electrons. The van der Waals surface area contributed by atoms with Gasteiger partial charge in [0.15, 0.2) is 0 Å². The second-order valence-corrected chi connectivity index (χ2v) is 9.67. The zero-order chi connectivity index (χ0) is 21.6. The Morgan fingerprint density at radius 2 is 1.23 bits per heavy atom. The Bertz CT molecular complexity index is 507. The molecule has 4 nitrogen and oxygen atoms in total.